The van der Waals surface area contributed by atoms with Crippen molar-refractivity contribution in [1.29, 1.82) is 0 Å². The minimum atomic E-state index is 0.0689. The summed E-state index contributed by atoms with van der Waals surface area (Å²) in [4.78, 5) is 0. The Hall–Kier alpha value is 0. The van der Waals surface area contributed by atoms with Crippen LogP contribution >= 0.6 is 0 Å². The molecule has 0 aromatic carbocycles. The molecule has 0 aromatic heterocycles. The highest BCUT2D eigenvalue weighted by Crippen LogP contribution is 2.03. The van der Waals surface area contributed by atoms with E-state index < -0.39 is 0 Å². The molecule has 0 heterocycles. The zero-order valence-electron chi connectivity index (χ0n) is 7.98. The van der Waals surface area contributed by atoms with E-state index in [0.29, 0.717) is 0 Å². The molecule has 0 spiro atoms. The van der Waals surface area contributed by atoms with Gasteiger partial charge in [0.2, 0.25) is 0 Å². The molecule has 0 saturated carbocycles. The molecule has 0 saturated heterocycles. The highest BCUT2D eigenvalue weighted by molar-refractivity contribution is 4.39. The van der Waals surface area contributed by atoms with Gasteiger partial charge in [-0.3, -0.25) is 0 Å². The third-order valence-corrected chi connectivity index (χ3v) is 1.15. The fourth-order valence-corrected chi connectivity index (χ4v) is 0.644. The van der Waals surface area contributed by atoms with Gasteiger partial charge in [-0.25, -0.2) is 0 Å². The molecule has 0 aliphatic rings. The minimum Gasteiger partial charge on any atom is -0.0654 e. The first-order valence-corrected chi connectivity index (χ1v) is 3.55. The Kier molecular flexibility index (Phi) is 4.23. The van der Waals surface area contributed by atoms with Crippen molar-refractivity contribution >= 4 is 0 Å². The van der Waals surface area contributed by atoms with Gasteiger partial charge in [0.1, 0.15) is 0 Å². The quantitative estimate of drug-likeness (QED) is 0.516. The fourth-order valence-electron chi connectivity index (χ4n) is 0.644. The van der Waals surface area contributed by atoms with Gasteiger partial charge in [0.15, 0.2) is 0 Å². The predicted molar refractivity (Wildman–Crippen MR) is 39.1 cm³/mol. The lowest BCUT2D eigenvalue weighted by Gasteiger charge is -1.93. The van der Waals surface area contributed by atoms with Crippen LogP contribution in [0.25, 0.3) is 0 Å². The van der Waals surface area contributed by atoms with Gasteiger partial charge >= 0.3 is 0 Å². The van der Waals surface area contributed by atoms with Crippen molar-refractivity contribution in [3.63, 3.8) is 0 Å². The Morgan fingerprint density at radius 1 is 1.00 bits per heavy atom. The first-order valence-electron chi connectivity index (χ1n) is 4.70. The second-order valence-electron chi connectivity index (χ2n) is 1.97. The summed E-state index contributed by atoms with van der Waals surface area (Å²) in [5.41, 5.74) is 0. The molecule has 0 heteroatoms. The second kappa shape index (κ2) is 7.00. The van der Waals surface area contributed by atoms with E-state index in [1.807, 2.05) is 13.8 Å². The fraction of sp³-hybridized carbons (Fsp3) is 1.00. The van der Waals surface area contributed by atoms with Crippen LogP contribution in [0.5, 0.6) is 0 Å². The Bertz CT molecular complexity index is 63.7. The van der Waals surface area contributed by atoms with Crippen molar-refractivity contribution in [2.45, 2.75) is 52.3 Å². The molecule has 0 fully saturated rings. The summed E-state index contributed by atoms with van der Waals surface area (Å²) in [6, 6.07) is 0. The van der Waals surface area contributed by atoms with Crippen LogP contribution in [0, 0.1) is 0 Å². The SMILES string of the molecule is [2H]C(CC)CCC([2H])CC. The molecule has 2 atom stereocenters. The molecule has 0 amide bonds. The Labute approximate surface area is 56.1 Å². The molecule has 0 aliphatic carbocycles. The van der Waals surface area contributed by atoms with Crippen LogP contribution in [0.1, 0.15) is 55.1 Å². The van der Waals surface area contributed by atoms with Crippen LogP contribution in [-0.2, 0) is 0 Å². The zero-order chi connectivity index (χ0) is 7.98. The summed E-state index contributed by atoms with van der Waals surface area (Å²) in [7, 11) is 0. The van der Waals surface area contributed by atoms with E-state index in [-0.39, 0.29) is 12.8 Å². The van der Waals surface area contributed by atoms with E-state index in [2.05, 4.69) is 0 Å². The predicted octanol–water partition coefficient (Wildman–Crippen LogP) is 3.37. The normalized spacial score (nSPS) is 21.2. The van der Waals surface area contributed by atoms with E-state index in [0.717, 1.165) is 25.7 Å². The summed E-state index contributed by atoms with van der Waals surface area (Å²) in [6.45, 7) is 4.06. The number of hydrogen-bond donors (Lipinski definition) is 0. The zero-order valence-corrected chi connectivity index (χ0v) is 5.98. The van der Waals surface area contributed by atoms with Gasteiger partial charge in [-0.05, 0) is 0 Å². The average Bonchev–Trinajstić information content (AvgIpc) is 1.99. The summed E-state index contributed by atoms with van der Waals surface area (Å²) in [5, 5.41) is 0. The Morgan fingerprint density at radius 2 is 1.38 bits per heavy atom. The van der Waals surface area contributed by atoms with Crippen LogP contribution in [0.15, 0.2) is 0 Å². The average molecular weight is 116 g/mol. The van der Waals surface area contributed by atoms with Crippen LogP contribution in [-0.4, -0.2) is 0 Å². The third-order valence-electron chi connectivity index (χ3n) is 1.15. The van der Waals surface area contributed by atoms with Crippen molar-refractivity contribution in [3.05, 3.63) is 0 Å². The lowest BCUT2D eigenvalue weighted by Crippen LogP contribution is -1.73. The maximum atomic E-state index is 7.41. The first-order chi connectivity index (χ1) is 4.70. The van der Waals surface area contributed by atoms with Crippen LogP contribution in [0.4, 0.5) is 0 Å². The summed E-state index contributed by atoms with van der Waals surface area (Å²) in [6.07, 6.45) is 3.79. The summed E-state index contributed by atoms with van der Waals surface area (Å²) >= 11 is 0. The van der Waals surface area contributed by atoms with Gasteiger partial charge in [0.05, 0.1) is 0 Å². The molecule has 8 heavy (non-hydrogen) atoms. The molecule has 0 N–H and O–H groups in total. The topological polar surface area (TPSA) is 0 Å². The van der Waals surface area contributed by atoms with Crippen molar-refractivity contribution in [3.8, 4) is 0 Å². The maximum Gasteiger partial charge on any atom is 0.0266 e. The van der Waals surface area contributed by atoms with E-state index in [1.54, 1.807) is 0 Å². The molecule has 0 nitrogen and oxygen atoms in total. The third kappa shape index (κ3) is 6.00. The van der Waals surface area contributed by atoms with Gasteiger partial charge in [0.25, 0.3) is 0 Å². The number of rotatable bonds is 5. The van der Waals surface area contributed by atoms with E-state index in [1.165, 1.54) is 0 Å². The Morgan fingerprint density at radius 3 is 1.62 bits per heavy atom. The monoisotopic (exact) mass is 116 g/mol. The van der Waals surface area contributed by atoms with Crippen molar-refractivity contribution in [1.82, 2.24) is 0 Å². The minimum absolute atomic E-state index is 0.0689. The molecular formula is C8H18. The van der Waals surface area contributed by atoms with Crippen LogP contribution in [0.3, 0.4) is 0 Å². The van der Waals surface area contributed by atoms with E-state index in [9.17, 15) is 0 Å². The molecule has 50 valence electrons. The van der Waals surface area contributed by atoms with E-state index in [4.69, 9.17) is 2.74 Å². The van der Waals surface area contributed by atoms with E-state index >= 15 is 0 Å². The Balaban J connectivity index is 3.17. The van der Waals surface area contributed by atoms with Crippen LogP contribution < -0.4 is 0 Å². The summed E-state index contributed by atoms with van der Waals surface area (Å²) in [5.74, 6) is 0. The van der Waals surface area contributed by atoms with Gasteiger partial charge in [-0.2, -0.15) is 0 Å². The van der Waals surface area contributed by atoms with Gasteiger partial charge in [0, 0.05) is 2.74 Å². The standard InChI is InChI=1S/C8H18/c1-3-5-7-8-6-4-2/h3-8H2,1-2H3/i5D,6D. The highest BCUT2D eigenvalue weighted by Gasteiger charge is 1.83. The summed E-state index contributed by atoms with van der Waals surface area (Å²) < 4.78 is 14.8. The van der Waals surface area contributed by atoms with Gasteiger partial charge in [-0.1, -0.05) is 52.3 Å². The number of hydrogen-bond acceptors (Lipinski definition) is 0. The molecule has 0 aliphatic heterocycles. The largest absolute Gasteiger partial charge is 0.0654 e. The van der Waals surface area contributed by atoms with Crippen LogP contribution in [0.2, 0.25) is 0 Å². The second-order valence-corrected chi connectivity index (χ2v) is 1.97. The van der Waals surface area contributed by atoms with Crippen molar-refractivity contribution < 1.29 is 2.74 Å². The molecule has 2 unspecified atom stereocenters. The highest BCUT2D eigenvalue weighted by atomic mass is 13.9. The molecule has 0 bridgehead atoms. The lowest BCUT2D eigenvalue weighted by molar-refractivity contribution is 0.624. The first kappa shape index (κ1) is 4.84. The smallest absolute Gasteiger partial charge is 0.0266 e. The molecule has 0 radical (unpaired) electrons. The molecule has 0 rings (SSSR count). The van der Waals surface area contributed by atoms with Crippen molar-refractivity contribution in [2.75, 3.05) is 0 Å². The van der Waals surface area contributed by atoms with Gasteiger partial charge in [-0.15, -0.1) is 0 Å². The maximum absolute atomic E-state index is 7.41. The molecule has 0 aromatic rings. The van der Waals surface area contributed by atoms with Gasteiger partial charge < -0.3 is 0 Å². The van der Waals surface area contributed by atoms with Crippen molar-refractivity contribution in [2.24, 2.45) is 0 Å². The molecular weight excluding hydrogens is 96.1 g/mol. The lowest BCUT2D eigenvalue weighted by atomic mass is 10.1.